The van der Waals surface area contributed by atoms with E-state index in [0.29, 0.717) is 6.42 Å². The monoisotopic (exact) mass is 341 g/mol. The average Bonchev–Trinajstić information content (AvgIpc) is 3.28. The largest absolute Gasteiger partial charge is 0.454 e. The van der Waals surface area contributed by atoms with Crippen LogP contribution in [0, 0.1) is 0 Å². The number of hydrogen-bond donors (Lipinski definition) is 0. The number of carbonyl (C=O) groups excluding carboxylic acids is 1. The van der Waals surface area contributed by atoms with Crippen molar-refractivity contribution in [2.45, 2.75) is 18.2 Å². The average molecular weight is 341 g/mol. The number of aryl methyl sites for hydroxylation is 1. The molecule has 4 rings (SSSR count). The van der Waals surface area contributed by atoms with Crippen molar-refractivity contribution in [3.05, 3.63) is 59.7 Å². The van der Waals surface area contributed by atoms with Gasteiger partial charge in [0.25, 0.3) is 0 Å². The van der Waals surface area contributed by atoms with Crippen LogP contribution in [-0.4, -0.2) is 29.9 Å². The molecule has 1 atom stereocenters. The van der Waals surface area contributed by atoms with Crippen LogP contribution in [0.3, 0.4) is 0 Å². The molecule has 0 spiro atoms. The molecule has 1 unspecified atom stereocenters. The van der Waals surface area contributed by atoms with Crippen molar-refractivity contribution in [1.82, 2.24) is 4.90 Å². The molecular formula is C19H19NO3S. The van der Waals surface area contributed by atoms with Crippen LogP contribution < -0.4 is 9.47 Å². The first kappa shape index (κ1) is 15.4. The normalized spacial score (nSPS) is 18.8. The summed E-state index contributed by atoms with van der Waals surface area (Å²) in [7, 11) is 0. The minimum Gasteiger partial charge on any atom is -0.454 e. The highest BCUT2D eigenvalue weighted by molar-refractivity contribution is 7.99. The molecule has 2 aromatic rings. The number of amides is 1. The van der Waals surface area contributed by atoms with Crippen LogP contribution in [0.5, 0.6) is 11.5 Å². The Hall–Kier alpha value is -2.14. The van der Waals surface area contributed by atoms with Crippen LogP contribution >= 0.6 is 11.8 Å². The number of benzene rings is 2. The lowest BCUT2D eigenvalue weighted by atomic mass is 10.1. The molecule has 2 heterocycles. The molecule has 0 aromatic heterocycles. The predicted octanol–water partition coefficient (Wildman–Crippen LogP) is 3.62. The van der Waals surface area contributed by atoms with Crippen molar-refractivity contribution in [3.63, 3.8) is 0 Å². The van der Waals surface area contributed by atoms with Gasteiger partial charge in [0.15, 0.2) is 11.5 Å². The van der Waals surface area contributed by atoms with Gasteiger partial charge in [-0.25, -0.2) is 0 Å². The third-order valence-corrected chi connectivity index (χ3v) is 5.62. The first-order valence-corrected chi connectivity index (χ1v) is 9.21. The molecule has 2 aliphatic rings. The highest BCUT2D eigenvalue weighted by Crippen LogP contribution is 2.42. The van der Waals surface area contributed by atoms with E-state index in [0.717, 1.165) is 35.8 Å². The molecule has 0 radical (unpaired) electrons. The fourth-order valence-corrected chi connectivity index (χ4v) is 4.38. The highest BCUT2D eigenvalue weighted by Gasteiger charge is 2.31. The van der Waals surface area contributed by atoms with Gasteiger partial charge in [0.1, 0.15) is 5.37 Å². The molecule has 4 nitrogen and oxygen atoms in total. The third-order valence-electron chi connectivity index (χ3n) is 4.36. The molecule has 2 aromatic carbocycles. The first-order chi connectivity index (χ1) is 11.8. The second kappa shape index (κ2) is 6.77. The number of thioether (sulfide) groups is 1. The van der Waals surface area contributed by atoms with E-state index in [1.165, 1.54) is 5.56 Å². The van der Waals surface area contributed by atoms with Gasteiger partial charge in [-0.05, 0) is 29.7 Å². The van der Waals surface area contributed by atoms with E-state index in [1.54, 1.807) is 0 Å². The predicted molar refractivity (Wildman–Crippen MR) is 94.2 cm³/mol. The van der Waals surface area contributed by atoms with E-state index in [1.807, 2.05) is 53.1 Å². The molecule has 0 saturated carbocycles. The zero-order valence-corrected chi connectivity index (χ0v) is 14.1. The van der Waals surface area contributed by atoms with E-state index in [9.17, 15) is 4.79 Å². The third kappa shape index (κ3) is 3.08. The fraction of sp³-hybridized carbons (Fsp3) is 0.316. The summed E-state index contributed by atoms with van der Waals surface area (Å²) in [5.41, 5.74) is 2.31. The molecule has 0 aliphatic carbocycles. The smallest absolute Gasteiger partial charge is 0.231 e. The van der Waals surface area contributed by atoms with Crippen molar-refractivity contribution in [2.24, 2.45) is 0 Å². The van der Waals surface area contributed by atoms with Crippen LogP contribution in [0.2, 0.25) is 0 Å². The molecule has 0 N–H and O–H groups in total. The van der Waals surface area contributed by atoms with Gasteiger partial charge in [0, 0.05) is 18.7 Å². The molecule has 24 heavy (non-hydrogen) atoms. The van der Waals surface area contributed by atoms with Crippen molar-refractivity contribution < 1.29 is 14.3 Å². The lowest BCUT2D eigenvalue weighted by Crippen LogP contribution is -2.30. The van der Waals surface area contributed by atoms with Crippen LogP contribution in [0.15, 0.2) is 48.5 Å². The van der Waals surface area contributed by atoms with Crippen LogP contribution in [0.25, 0.3) is 0 Å². The Balaban J connectivity index is 1.45. The van der Waals surface area contributed by atoms with Crippen molar-refractivity contribution >= 4 is 17.7 Å². The summed E-state index contributed by atoms with van der Waals surface area (Å²) >= 11 is 1.81. The number of hydrogen-bond acceptors (Lipinski definition) is 4. The number of ether oxygens (including phenoxy) is 2. The van der Waals surface area contributed by atoms with Gasteiger partial charge in [-0.3, -0.25) is 4.79 Å². The molecule has 1 saturated heterocycles. The van der Waals surface area contributed by atoms with E-state index in [-0.39, 0.29) is 18.1 Å². The summed E-state index contributed by atoms with van der Waals surface area (Å²) in [6.07, 6.45) is 1.33. The highest BCUT2D eigenvalue weighted by atomic mass is 32.2. The number of rotatable bonds is 4. The Morgan fingerprint density at radius 3 is 2.83 bits per heavy atom. The topological polar surface area (TPSA) is 38.8 Å². The Labute approximate surface area is 145 Å². The zero-order valence-electron chi connectivity index (χ0n) is 13.3. The minimum atomic E-state index is 0.0720. The van der Waals surface area contributed by atoms with Gasteiger partial charge in [-0.1, -0.05) is 36.4 Å². The van der Waals surface area contributed by atoms with Gasteiger partial charge in [0.2, 0.25) is 12.7 Å². The molecular weight excluding hydrogens is 322 g/mol. The summed E-state index contributed by atoms with van der Waals surface area (Å²) < 4.78 is 10.8. The maximum absolute atomic E-state index is 12.7. The Morgan fingerprint density at radius 1 is 1.12 bits per heavy atom. The van der Waals surface area contributed by atoms with E-state index in [4.69, 9.17) is 9.47 Å². The summed E-state index contributed by atoms with van der Waals surface area (Å²) in [5, 5.41) is 0.0720. The van der Waals surface area contributed by atoms with Crippen molar-refractivity contribution in [2.75, 3.05) is 19.1 Å². The Morgan fingerprint density at radius 2 is 1.96 bits per heavy atom. The van der Waals surface area contributed by atoms with E-state index >= 15 is 0 Å². The SMILES string of the molecule is O=C(CCc1ccccc1)N1CCSC1c1ccc2c(c1)OCO2. The number of carbonyl (C=O) groups is 1. The summed E-state index contributed by atoms with van der Waals surface area (Å²) in [6, 6.07) is 16.1. The first-order valence-electron chi connectivity index (χ1n) is 8.16. The van der Waals surface area contributed by atoms with E-state index in [2.05, 4.69) is 12.1 Å². The van der Waals surface area contributed by atoms with Gasteiger partial charge in [-0.2, -0.15) is 0 Å². The second-order valence-corrected chi connectivity index (χ2v) is 7.10. The molecule has 2 aliphatic heterocycles. The lowest BCUT2D eigenvalue weighted by molar-refractivity contribution is -0.131. The molecule has 0 bridgehead atoms. The molecule has 5 heteroatoms. The van der Waals surface area contributed by atoms with Gasteiger partial charge in [0.05, 0.1) is 0 Å². The van der Waals surface area contributed by atoms with E-state index < -0.39 is 0 Å². The number of nitrogens with zero attached hydrogens (tertiary/aromatic N) is 1. The standard InChI is InChI=1S/C19H19NO3S/c21-18(9-6-14-4-2-1-3-5-14)20-10-11-24-19(20)15-7-8-16-17(12-15)23-13-22-16/h1-5,7-8,12,19H,6,9-11,13H2. The van der Waals surface area contributed by atoms with Crippen molar-refractivity contribution in [1.29, 1.82) is 0 Å². The Kier molecular flexibility index (Phi) is 4.34. The molecule has 124 valence electrons. The maximum Gasteiger partial charge on any atom is 0.231 e. The summed E-state index contributed by atoms with van der Waals surface area (Å²) in [6.45, 7) is 1.08. The Bertz CT molecular complexity index is 735. The maximum atomic E-state index is 12.7. The lowest BCUT2D eigenvalue weighted by Gasteiger charge is -2.24. The van der Waals surface area contributed by atoms with Crippen molar-refractivity contribution in [3.8, 4) is 11.5 Å². The van der Waals surface area contributed by atoms with Crippen LogP contribution in [-0.2, 0) is 11.2 Å². The number of fused-ring (bicyclic) bond motifs is 1. The fourth-order valence-electron chi connectivity index (χ4n) is 3.11. The van der Waals surface area contributed by atoms with Gasteiger partial charge < -0.3 is 14.4 Å². The van der Waals surface area contributed by atoms with Gasteiger partial charge >= 0.3 is 0 Å². The van der Waals surface area contributed by atoms with Crippen LogP contribution in [0.4, 0.5) is 0 Å². The summed E-state index contributed by atoms with van der Waals surface area (Å²) in [4.78, 5) is 14.7. The molecule has 1 amide bonds. The quantitative estimate of drug-likeness (QED) is 0.851. The zero-order chi connectivity index (χ0) is 16.4. The summed E-state index contributed by atoms with van der Waals surface area (Å²) in [5.74, 6) is 2.74. The van der Waals surface area contributed by atoms with Gasteiger partial charge in [-0.15, -0.1) is 11.8 Å². The second-order valence-electron chi connectivity index (χ2n) is 5.91. The minimum absolute atomic E-state index is 0.0720. The molecule has 1 fully saturated rings. The van der Waals surface area contributed by atoms with Crippen LogP contribution in [0.1, 0.15) is 22.9 Å².